The van der Waals surface area contributed by atoms with Crippen molar-refractivity contribution >= 4 is 40.8 Å². The van der Waals surface area contributed by atoms with E-state index in [0.29, 0.717) is 16.4 Å². The van der Waals surface area contributed by atoms with Crippen molar-refractivity contribution in [2.45, 2.75) is 19.3 Å². The highest BCUT2D eigenvalue weighted by Crippen LogP contribution is 2.14. The van der Waals surface area contributed by atoms with Crippen LogP contribution in [0.15, 0.2) is 48.5 Å². The van der Waals surface area contributed by atoms with Crippen molar-refractivity contribution in [2.75, 3.05) is 17.2 Å². The molecule has 0 unspecified atom stereocenters. The van der Waals surface area contributed by atoms with Gasteiger partial charge in [-0.3, -0.25) is 14.4 Å². The Bertz CT molecular complexity index is 812. The van der Waals surface area contributed by atoms with Gasteiger partial charge in [0.25, 0.3) is 5.91 Å². The first-order chi connectivity index (χ1) is 12.9. The molecule has 2 amide bonds. The molecule has 0 fully saturated rings. The van der Waals surface area contributed by atoms with Gasteiger partial charge in [0.2, 0.25) is 5.91 Å². The van der Waals surface area contributed by atoms with Gasteiger partial charge >= 0.3 is 5.97 Å². The number of hydrogen-bond donors (Lipinski definition) is 2. The molecule has 0 spiro atoms. The molecule has 2 N–H and O–H groups in total. The van der Waals surface area contributed by atoms with Crippen molar-refractivity contribution < 1.29 is 23.5 Å². The van der Waals surface area contributed by atoms with Crippen LogP contribution < -0.4 is 10.6 Å². The zero-order valence-electron chi connectivity index (χ0n) is 14.3. The Morgan fingerprint density at radius 3 is 2.33 bits per heavy atom. The number of halogens is 2. The molecular weight excluding hydrogens is 375 g/mol. The number of amides is 2. The maximum Gasteiger partial charge on any atom is 0.306 e. The van der Waals surface area contributed by atoms with E-state index in [1.165, 1.54) is 24.3 Å². The van der Waals surface area contributed by atoms with Gasteiger partial charge < -0.3 is 15.4 Å². The van der Waals surface area contributed by atoms with Gasteiger partial charge in [0, 0.05) is 29.2 Å². The lowest BCUT2D eigenvalue weighted by Crippen LogP contribution is -2.21. The zero-order valence-corrected chi connectivity index (χ0v) is 15.1. The predicted molar refractivity (Wildman–Crippen MR) is 99.9 cm³/mol. The second-order valence-electron chi connectivity index (χ2n) is 5.63. The maximum absolute atomic E-state index is 12.8. The lowest BCUT2D eigenvalue weighted by atomic mass is 10.2. The van der Waals surface area contributed by atoms with Gasteiger partial charge in [0.05, 0.1) is 0 Å². The summed E-state index contributed by atoms with van der Waals surface area (Å²) in [7, 11) is 0. The minimum Gasteiger partial charge on any atom is -0.456 e. The zero-order chi connectivity index (χ0) is 19.6. The largest absolute Gasteiger partial charge is 0.456 e. The summed E-state index contributed by atoms with van der Waals surface area (Å²) in [5, 5.41) is 5.62. The van der Waals surface area contributed by atoms with E-state index >= 15 is 0 Å². The molecule has 27 heavy (non-hydrogen) atoms. The highest BCUT2D eigenvalue weighted by molar-refractivity contribution is 6.30. The minimum absolute atomic E-state index is 0.00127. The summed E-state index contributed by atoms with van der Waals surface area (Å²) < 4.78 is 17.6. The molecule has 0 bridgehead atoms. The third-order valence-corrected chi connectivity index (χ3v) is 3.62. The summed E-state index contributed by atoms with van der Waals surface area (Å²) in [5.41, 5.74) is 0.975. The molecule has 8 heteroatoms. The van der Waals surface area contributed by atoms with E-state index in [-0.39, 0.29) is 25.2 Å². The molecular formula is C19H18ClFN2O4. The van der Waals surface area contributed by atoms with E-state index in [9.17, 15) is 18.8 Å². The molecule has 0 aromatic heterocycles. The third kappa shape index (κ3) is 7.87. The van der Waals surface area contributed by atoms with Crippen molar-refractivity contribution in [3.05, 3.63) is 59.4 Å². The second kappa shape index (κ2) is 10.3. The summed E-state index contributed by atoms with van der Waals surface area (Å²) >= 11 is 5.81. The average molecular weight is 393 g/mol. The van der Waals surface area contributed by atoms with Crippen LogP contribution in [0.25, 0.3) is 0 Å². The van der Waals surface area contributed by atoms with Crippen LogP contribution in [-0.4, -0.2) is 24.4 Å². The molecule has 0 radical (unpaired) electrons. The lowest BCUT2D eigenvalue weighted by Gasteiger charge is -2.07. The number of hydrogen-bond acceptors (Lipinski definition) is 4. The standard InChI is InChI=1S/C19H18ClFN2O4/c20-13-3-1-4-16(11-13)23-18(25)12-27-19(26)6-2-5-17(24)22-15-9-7-14(21)8-10-15/h1,3-4,7-11H,2,5-6,12H2,(H,22,24)(H,23,25). The fraction of sp³-hybridized carbons (Fsp3) is 0.211. The van der Waals surface area contributed by atoms with Crippen molar-refractivity contribution in [3.8, 4) is 0 Å². The molecule has 0 aliphatic carbocycles. The van der Waals surface area contributed by atoms with Gasteiger partial charge in [-0.05, 0) is 48.9 Å². The van der Waals surface area contributed by atoms with Gasteiger partial charge in [0.1, 0.15) is 5.82 Å². The Kier molecular flexibility index (Phi) is 7.76. The fourth-order valence-corrected chi connectivity index (χ4v) is 2.32. The summed E-state index contributed by atoms with van der Waals surface area (Å²) in [4.78, 5) is 35.1. The Balaban J connectivity index is 1.62. The fourth-order valence-electron chi connectivity index (χ4n) is 2.13. The van der Waals surface area contributed by atoms with Gasteiger partial charge in [-0.2, -0.15) is 0 Å². The molecule has 0 aliphatic heterocycles. The lowest BCUT2D eigenvalue weighted by molar-refractivity contribution is -0.147. The smallest absolute Gasteiger partial charge is 0.306 e. The first kappa shape index (κ1) is 20.4. The first-order valence-electron chi connectivity index (χ1n) is 8.19. The monoisotopic (exact) mass is 392 g/mol. The number of benzene rings is 2. The normalized spacial score (nSPS) is 10.1. The van der Waals surface area contributed by atoms with Crippen LogP contribution in [-0.2, 0) is 19.1 Å². The molecule has 0 heterocycles. The van der Waals surface area contributed by atoms with Gasteiger partial charge in [-0.15, -0.1) is 0 Å². The molecule has 0 aliphatic rings. The van der Waals surface area contributed by atoms with E-state index in [1.807, 2.05) is 0 Å². The highest BCUT2D eigenvalue weighted by Gasteiger charge is 2.10. The van der Waals surface area contributed by atoms with E-state index in [0.717, 1.165) is 0 Å². The predicted octanol–water partition coefficient (Wildman–Crippen LogP) is 3.77. The van der Waals surface area contributed by atoms with E-state index in [4.69, 9.17) is 16.3 Å². The van der Waals surface area contributed by atoms with Crippen LogP contribution in [0, 0.1) is 5.82 Å². The molecule has 2 aromatic rings. The van der Waals surface area contributed by atoms with Crippen molar-refractivity contribution in [1.82, 2.24) is 0 Å². The highest BCUT2D eigenvalue weighted by atomic mass is 35.5. The quantitative estimate of drug-likeness (QED) is 0.670. The van der Waals surface area contributed by atoms with Crippen LogP contribution >= 0.6 is 11.6 Å². The molecule has 2 aromatic carbocycles. The topological polar surface area (TPSA) is 84.5 Å². The van der Waals surface area contributed by atoms with Crippen LogP contribution in [0.3, 0.4) is 0 Å². The second-order valence-corrected chi connectivity index (χ2v) is 6.06. The number of anilines is 2. The van der Waals surface area contributed by atoms with Crippen molar-refractivity contribution in [2.24, 2.45) is 0 Å². The molecule has 0 atom stereocenters. The molecule has 0 saturated carbocycles. The summed E-state index contributed by atoms with van der Waals surface area (Å²) in [5.74, 6) is -1.76. The molecule has 0 saturated heterocycles. The number of carbonyl (C=O) groups excluding carboxylic acids is 3. The van der Waals surface area contributed by atoms with Crippen LogP contribution in [0.4, 0.5) is 15.8 Å². The van der Waals surface area contributed by atoms with Gasteiger partial charge in [0.15, 0.2) is 6.61 Å². The summed E-state index contributed by atoms with van der Waals surface area (Å²) in [6, 6.07) is 11.9. The Hall–Kier alpha value is -2.93. The molecule has 142 valence electrons. The van der Waals surface area contributed by atoms with Crippen LogP contribution in [0.2, 0.25) is 5.02 Å². The summed E-state index contributed by atoms with van der Waals surface area (Å²) in [6.45, 7) is -0.423. The summed E-state index contributed by atoms with van der Waals surface area (Å²) in [6.07, 6.45) is 0.365. The van der Waals surface area contributed by atoms with Crippen LogP contribution in [0.5, 0.6) is 0 Å². The minimum atomic E-state index is -0.578. The van der Waals surface area contributed by atoms with Crippen molar-refractivity contribution in [3.63, 3.8) is 0 Å². The SMILES string of the molecule is O=C(CCCC(=O)OCC(=O)Nc1cccc(Cl)c1)Nc1ccc(F)cc1. The number of rotatable bonds is 8. The van der Waals surface area contributed by atoms with Gasteiger partial charge in [-0.1, -0.05) is 17.7 Å². The average Bonchev–Trinajstić information content (AvgIpc) is 2.62. The van der Waals surface area contributed by atoms with Crippen LogP contribution in [0.1, 0.15) is 19.3 Å². The Morgan fingerprint density at radius 2 is 1.63 bits per heavy atom. The number of carbonyl (C=O) groups is 3. The molecule has 6 nitrogen and oxygen atoms in total. The van der Waals surface area contributed by atoms with E-state index < -0.39 is 24.3 Å². The molecule has 2 rings (SSSR count). The maximum atomic E-state index is 12.8. The van der Waals surface area contributed by atoms with Crippen molar-refractivity contribution in [1.29, 1.82) is 0 Å². The third-order valence-electron chi connectivity index (χ3n) is 3.39. The van der Waals surface area contributed by atoms with Gasteiger partial charge in [-0.25, -0.2) is 4.39 Å². The van der Waals surface area contributed by atoms with E-state index in [1.54, 1.807) is 24.3 Å². The Morgan fingerprint density at radius 1 is 0.926 bits per heavy atom. The van der Waals surface area contributed by atoms with E-state index in [2.05, 4.69) is 10.6 Å². The number of ether oxygens (including phenoxy) is 1. The Labute approximate surface area is 160 Å². The number of esters is 1. The number of nitrogens with one attached hydrogen (secondary N) is 2. The first-order valence-corrected chi connectivity index (χ1v) is 8.56.